The summed E-state index contributed by atoms with van der Waals surface area (Å²) in [5, 5.41) is 12.2. The summed E-state index contributed by atoms with van der Waals surface area (Å²) in [7, 11) is 0. The van der Waals surface area contributed by atoms with Crippen LogP contribution in [0.3, 0.4) is 0 Å². The monoisotopic (exact) mass is 319 g/mol. The molecule has 1 aliphatic carbocycles. The minimum atomic E-state index is -0.0453. The van der Waals surface area contributed by atoms with Crippen LogP contribution in [0, 0.1) is 0 Å². The number of aryl methyl sites for hydroxylation is 1. The van der Waals surface area contributed by atoms with Gasteiger partial charge < -0.3 is 5.32 Å². The van der Waals surface area contributed by atoms with Crippen LogP contribution in [0.25, 0.3) is 0 Å². The SMILES string of the molecule is CCNc1nnc(S[C@@H]2CCCc3ccccc3C2=O)s1. The van der Waals surface area contributed by atoms with Gasteiger partial charge in [-0.3, -0.25) is 4.79 Å². The van der Waals surface area contributed by atoms with Crippen LogP contribution in [0.5, 0.6) is 0 Å². The maximum atomic E-state index is 12.7. The number of ketones is 1. The van der Waals surface area contributed by atoms with Crippen molar-refractivity contribution in [2.24, 2.45) is 0 Å². The Labute approximate surface area is 132 Å². The molecule has 1 aromatic heterocycles. The maximum Gasteiger partial charge on any atom is 0.206 e. The Morgan fingerprint density at radius 1 is 1.38 bits per heavy atom. The van der Waals surface area contributed by atoms with E-state index < -0.39 is 0 Å². The van der Waals surface area contributed by atoms with Crippen LogP contribution in [-0.2, 0) is 6.42 Å². The number of anilines is 1. The fourth-order valence-corrected chi connectivity index (χ4v) is 4.65. The molecule has 1 aromatic carbocycles. The van der Waals surface area contributed by atoms with Crippen molar-refractivity contribution in [1.82, 2.24) is 10.2 Å². The number of Topliss-reactive ketones (excluding diaryl/α,β-unsaturated/α-hetero) is 1. The summed E-state index contributed by atoms with van der Waals surface area (Å²) >= 11 is 3.07. The number of aromatic nitrogens is 2. The zero-order valence-corrected chi connectivity index (χ0v) is 13.5. The van der Waals surface area contributed by atoms with E-state index in [-0.39, 0.29) is 11.0 Å². The molecule has 1 heterocycles. The highest BCUT2D eigenvalue weighted by molar-refractivity contribution is 8.02. The number of carbonyl (C=O) groups is 1. The lowest BCUT2D eigenvalue weighted by Crippen LogP contribution is -2.16. The van der Waals surface area contributed by atoms with E-state index in [1.165, 1.54) is 16.9 Å². The molecule has 0 unspecified atom stereocenters. The van der Waals surface area contributed by atoms with Crippen LogP contribution in [-0.4, -0.2) is 27.8 Å². The fraction of sp³-hybridized carbons (Fsp3) is 0.400. The zero-order chi connectivity index (χ0) is 14.7. The van der Waals surface area contributed by atoms with Gasteiger partial charge in [-0.2, -0.15) is 0 Å². The van der Waals surface area contributed by atoms with Crippen molar-refractivity contribution >= 4 is 34.0 Å². The van der Waals surface area contributed by atoms with Gasteiger partial charge in [0.05, 0.1) is 5.25 Å². The van der Waals surface area contributed by atoms with Crippen molar-refractivity contribution in [3.63, 3.8) is 0 Å². The normalized spacial score (nSPS) is 18.1. The van der Waals surface area contributed by atoms with Crippen molar-refractivity contribution in [3.8, 4) is 0 Å². The molecule has 4 nitrogen and oxygen atoms in total. The molecule has 0 bridgehead atoms. The largest absolute Gasteiger partial charge is 0.360 e. The third-order valence-electron chi connectivity index (χ3n) is 3.47. The van der Waals surface area contributed by atoms with E-state index in [4.69, 9.17) is 0 Å². The van der Waals surface area contributed by atoms with E-state index in [0.29, 0.717) is 0 Å². The number of rotatable bonds is 4. The van der Waals surface area contributed by atoms with Crippen molar-refractivity contribution in [2.45, 2.75) is 35.8 Å². The van der Waals surface area contributed by atoms with Crippen LogP contribution < -0.4 is 5.32 Å². The van der Waals surface area contributed by atoms with Crippen LogP contribution in [0.4, 0.5) is 5.13 Å². The van der Waals surface area contributed by atoms with Crippen LogP contribution in [0.2, 0.25) is 0 Å². The summed E-state index contributed by atoms with van der Waals surface area (Å²) in [5.41, 5.74) is 2.06. The average Bonchev–Trinajstić information content (AvgIpc) is 2.87. The van der Waals surface area contributed by atoms with Gasteiger partial charge in [0, 0.05) is 12.1 Å². The fourth-order valence-electron chi connectivity index (χ4n) is 2.48. The van der Waals surface area contributed by atoms with E-state index in [1.54, 1.807) is 11.8 Å². The Kier molecular flexibility index (Phi) is 4.55. The van der Waals surface area contributed by atoms with Crippen molar-refractivity contribution in [1.29, 1.82) is 0 Å². The lowest BCUT2D eigenvalue weighted by molar-refractivity contribution is 0.0988. The summed E-state index contributed by atoms with van der Waals surface area (Å²) in [4.78, 5) is 12.7. The third kappa shape index (κ3) is 3.27. The molecule has 110 valence electrons. The summed E-state index contributed by atoms with van der Waals surface area (Å²) in [5.74, 6) is 0.230. The number of nitrogens with one attached hydrogen (secondary N) is 1. The Balaban J connectivity index is 1.77. The lowest BCUT2D eigenvalue weighted by Gasteiger charge is -2.10. The Morgan fingerprint density at radius 3 is 3.10 bits per heavy atom. The molecule has 0 aliphatic heterocycles. The second-order valence-electron chi connectivity index (χ2n) is 4.92. The molecule has 0 fully saturated rings. The number of carbonyl (C=O) groups excluding carboxylic acids is 1. The van der Waals surface area contributed by atoms with Crippen LogP contribution >= 0.6 is 23.1 Å². The number of hydrogen-bond acceptors (Lipinski definition) is 6. The quantitative estimate of drug-likeness (QED) is 0.872. The molecule has 0 spiro atoms. The predicted molar refractivity (Wildman–Crippen MR) is 87.4 cm³/mol. The number of fused-ring (bicyclic) bond motifs is 1. The molecular formula is C15H17N3OS2. The summed E-state index contributed by atoms with van der Waals surface area (Å²) in [6, 6.07) is 7.96. The van der Waals surface area contributed by atoms with E-state index >= 15 is 0 Å². The smallest absolute Gasteiger partial charge is 0.206 e. The Hall–Kier alpha value is -1.40. The Bertz CT molecular complexity index is 641. The van der Waals surface area contributed by atoms with Gasteiger partial charge in [-0.05, 0) is 31.7 Å². The van der Waals surface area contributed by atoms with Crippen molar-refractivity contribution in [2.75, 3.05) is 11.9 Å². The lowest BCUT2D eigenvalue weighted by atomic mass is 10.0. The molecule has 0 amide bonds. The van der Waals surface area contributed by atoms with Gasteiger partial charge in [0.15, 0.2) is 10.1 Å². The maximum absolute atomic E-state index is 12.7. The first-order valence-corrected chi connectivity index (χ1v) is 8.83. The summed E-state index contributed by atoms with van der Waals surface area (Å²) in [6.45, 7) is 2.86. The molecule has 3 rings (SSSR count). The highest BCUT2D eigenvalue weighted by Crippen LogP contribution is 2.35. The van der Waals surface area contributed by atoms with Crippen molar-refractivity contribution < 1.29 is 4.79 Å². The number of nitrogens with zero attached hydrogens (tertiary/aromatic N) is 2. The van der Waals surface area contributed by atoms with E-state index in [0.717, 1.165) is 40.8 Å². The first-order valence-electron chi connectivity index (χ1n) is 7.14. The molecule has 0 saturated heterocycles. The van der Waals surface area contributed by atoms with Crippen LogP contribution in [0.1, 0.15) is 35.7 Å². The summed E-state index contributed by atoms with van der Waals surface area (Å²) < 4.78 is 0.865. The molecule has 1 aliphatic rings. The third-order valence-corrected chi connectivity index (χ3v) is 5.70. The van der Waals surface area contributed by atoms with Crippen LogP contribution in [0.15, 0.2) is 28.6 Å². The zero-order valence-electron chi connectivity index (χ0n) is 11.8. The molecule has 21 heavy (non-hydrogen) atoms. The molecule has 1 N–H and O–H groups in total. The van der Waals surface area contributed by atoms with Crippen molar-refractivity contribution in [3.05, 3.63) is 35.4 Å². The van der Waals surface area contributed by atoms with Gasteiger partial charge >= 0.3 is 0 Å². The minimum Gasteiger partial charge on any atom is -0.360 e. The molecule has 0 saturated carbocycles. The molecule has 1 atom stereocenters. The van der Waals surface area contributed by atoms with Gasteiger partial charge in [-0.15, -0.1) is 10.2 Å². The minimum absolute atomic E-state index is 0.0453. The van der Waals surface area contributed by atoms with Gasteiger partial charge in [0.1, 0.15) is 0 Å². The van der Waals surface area contributed by atoms with E-state index in [1.807, 2.05) is 25.1 Å². The Morgan fingerprint density at radius 2 is 2.24 bits per heavy atom. The highest BCUT2D eigenvalue weighted by atomic mass is 32.2. The summed E-state index contributed by atoms with van der Waals surface area (Å²) in [6.07, 6.45) is 2.92. The number of hydrogen-bond donors (Lipinski definition) is 1. The first kappa shape index (κ1) is 14.5. The molecular weight excluding hydrogens is 302 g/mol. The second-order valence-corrected chi connectivity index (χ2v) is 7.35. The van der Waals surface area contributed by atoms with Gasteiger partial charge in [0.25, 0.3) is 0 Å². The first-order chi connectivity index (χ1) is 10.3. The molecule has 2 aromatic rings. The van der Waals surface area contributed by atoms with Gasteiger partial charge in [0.2, 0.25) is 5.13 Å². The molecule has 6 heteroatoms. The van der Waals surface area contributed by atoms with E-state index in [9.17, 15) is 4.79 Å². The van der Waals surface area contributed by atoms with Gasteiger partial charge in [-0.1, -0.05) is 47.4 Å². The highest BCUT2D eigenvalue weighted by Gasteiger charge is 2.27. The predicted octanol–water partition coefficient (Wildman–Crippen LogP) is 3.65. The average molecular weight is 319 g/mol. The second kappa shape index (κ2) is 6.58. The number of benzene rings is 1. The van der Waals surface area contributed by atoms with E-state index in [2.05, 4.69) is 21.6 Å². The van der Waals surface area contributed by atoms with Gasteiger partial charge in [-0.25, -0.2) is 0 Å². The number of thioether (sulfide) groups is 1. The standard InChI is InChI=1S/C15H17N3OS2/c1-2-16-14-17-18-15(21-14)20-12-9-5-7-10-6-3-4-8-11(10)13(12)19/h3-4,6,8,12H,2,5,7,9H2,1H3,(H,16,17)/t12-/m1/s1. The topological polar surface area (TPSA) is 54.9 Å². The molecule has 0 radical (unpaired) electrons.